The molecule has 2 aromatic rings. The molecule has 0 unspecified atom stereocenters. The number of allylic oxidation sites excluding steroid dienone is 2. The average Bonchev–Trinajstić information content (AvgIpc) is 3.13. The van der Waals surface area contributed by atoms with E-state index in [2.05, 4.69) is 12.6 Å². The molecule has 3 rings (SSSR count). The number of carbonyl (C=O) groups excluding carboxylic acids is 2. The van der Waals surface area contributed by atoms with Gasteiger partial charge in [0.2, 0.25) is 0 Å². The molecule has 148 valence electrons. The van der Waals surface area contributed by atoms with Crippen LogP contribution in [0, 0.1) is 0 Å². The van der Waals surface area contributed by atoms with Crippen molar-refractivity contribution >= 4 is 45.6 Å². The van der Waals surface area contributed by atoms with Crippen LogP contribution in [0.4, 0.5) is 0 Å². The fourth-order valence-electron chi connectivity index (χ4n) is 3.31. The molecule has 28 heavy (non-hydrogen) atoms. The molecule has 1 aromatic carbocycles. The first-order valence-corrected chi connectivity index (χ1v) is 11.3. The summed E-state index contributed by atoms with van der Waals surface area (Å²) < 4.78 is 31.0. The minimum atomic E-state index is -3.89. The quantitative estimate of drug-likeness (QED) is 0.405. The minimum absolute atomic E-state index is 0.118. The molecule has 1 aliphatic carbocycles. The number of rotatable bonds is 6. The lowest BCUT2D eigenvalue weighted by molar-refractivity contribution is -0.115. The van der Waals surface area contributed by atoms with E-state index in [1.165, 1.54) is 12.3 Å². The van der Waals surface area contributed by atoms with Gasteiger partial charge in [0, 0.05) is 16.9 Å². The van der Waals surface area contributed by atoms with Crippen molar-refractivity contribution in [2.75, 3.05) is 0 Å². The van der Waals surface area contributed by atoms with Gasteiger partial charge in [-0.1, -0.05) is 18.5 Å². The number of hydrogen-bond donors (Lipinski definition) is 1. The van der Waals surface area contributed by atoms with Crippen LogP contribution >= 0.6 is 24.2 Å². The van der Waals surface area contributed by atoms with Gasteiger partial charge in [-0.2, -0.15) is 0 Å². The highest BCUT2D eigenvalue weighted by molar-refractivity contribution is 7.94. The monoisotopic (exact) mass is 438 g/mol. The van der Waals surface area contributed by atoms with Crippen LogP contribution in [0.5, 0.6) is 0 Å². The Morgan fingerprint density at radius 2 is 2.00 bits per heavy atom. The minimum Gasteiger partial charge on any atom is -0.468 e. The molecular weight excluding hydrogens is 420 g/mol. The summed E-state index contributed by atoms with van der Waals surface area (Å²) in [6, 6.07) is 6.24. The van der Waals surface area contributed by atoms with Gasteiger partial charge in [-0.25, -0.2) is 8.42 Å². The molecule has 8 heteroatoms. The number of carbonyl (C=O) groups is 2. The van der Waals surface area contributed by atoms with Crippen LogP contribution in [0.3, 0.4) is 0 Å². The Morgan fingerprint density at radius 3 is 2.64 bits per heavy atom. The first-order chi connectivity index (χ1) is 13.3. The molecule has 0 saturated carbocycles. The van der Waals surface area contributed by atoms with E-state index in [0.29, 0.717) is 23.3 Å². The van der Waals surface area contributed by atoms with Crippen LogP contribution in [-0.2, 0) is 26.8 Å². The summed E-state index contributed by atoms with van der Waals surface area (Å²) in [6.07, 6.45) is 2.58. The van der Waals surface area contributed by atoms with Gasteiger partial charge in [-0.15, -0.1) is 12.6 Å². The predicted octanol–water partition coefficient (Wildman–Crippen LogP) is 4.59. The standard InChI is InChI=1S/C20H19ClO5S2/c1-2-13-16(27)9-8-14(19(13)21)20(23)18-15(22)6-3-7-17(18)28(24,25)11-12-5-4-10-26-12/h4-5,8-10,27H,2-3,6-7,11H2,1H3. The zero-order valence-corrected chi connectivity index (χ0v) is 17.7. The second kappa shape index (κ2) is 8.27. The van der Waals surface area contributed by atoms with Crippen molar-refractivity contribution in [3.05, 3.63) is 62.9 Å². The van der Waals surface area contributed by atoms with Gasteiger partial charge in [0.1, 0.15) is 11.5 Å². The fourth-order valence-corrected chi connectivity index (χ4v) is 5.79. The summed E-state index contributed by atoms with van der Waals surface area (Å²) in [7, 11) is -3.89. The van der Waals surface area contributed by atoms with E-state index in [4.69, 9.17) is 16.0 Å². The summed E-state index contributed by atoms with van der Waals surface area (Å²) in [6.45, 7) is 1.87. The van der Waals surface area contributed by atoms with Gasteiger partial charge in [0.25, 0.3) is 0 Å². The number of sulfone groups is 1. The molecule has 1 aromatic heterocycles. The van der Waals surface area contributed by atoms with E-state index in [1.807, 2.05) is 6.92 Å². The van der Waals surface area contributed by atoms with Crippen LogP contribution in [-0.4, -0.2) is 20.0 Å². The number of furan rings is 1. The van der Waals surface area contributed by atoms with Crippen LogP contribution in [0.2, 0.25) is 5.02 Å². The summed E-state index contributed by atoms with van der Waals surface area (Å²) in [5.74, 6) is -1.28. The van der Waals surface area contributed by atoms with Gasteiger partial charge in [0.15, 0.2) is 21.4 Å². The highest BCUT2D eigenvalue weighted by Crippen LogP contribution is 2.34. The van der Waals surface area contributed by atoms with Crippen molar-refractivity contribution in [3.8, 4) is 0 Å². The second-order valence-corrected chi connectivity index (χ2v) is 9.39. The Kier molecular flexibility index (Phi) is 6.17. The van der Waals surface area contributed by atoms with E-state index in [9.17, 15) is 18.0 Å². The fraction of sp³-hybridized carbons (Fsp3) is 0.300. The van der Waals surface area contributed by atoms with E-state index in [1.54, 1.807) is 18.2 Å². The van der Waals surface area contributed by atoms with Gasteiger partial charge >= 0.3 is 0 Å². The number of hydrogen-bond acceptors (Lipinski definition) is 6. The molecule has 0 saturated heterocycles. The molecule has 0 fully saturated rings. The second-order valence-electron chi connectivity index (χ2n) is 6.52. The number of thiol groups is 1. The van der Waals surface area contributed by atoms with Crippen LogP contribution < -0.4 is 0 Å². The Labute approximate surface area is 174 Å². The SMILES string of the molecule is CCc1c(S)ccc(C(=O)C2=C(S(=O)(=O)Cc3ccco3)CCCC2=O)c1Cl. The van der Waals surface area contributed by atoms with Crippen molar-refractivity contribution in [2.24, 2.45) is 0 Å². The lowest BCUT2D eigenvalue weighted by atomic mass is 9.91. The molecule has 0 spiro atoms. The molecule has 0 bridgehead atoms. The summed E-state index contributed by atoms with van der Waals surface area (Å²) in [5, 5.41) is 0.202. The summed E-state index contributed by atoms with van der Waals surface area (Å²) in [4.78, 5) is 26.3. The summed E-state index contributed by atoms with van der Waals surface area (Å²) in [5.41, 5.74) is 0.514. The average molecular weight is 439 g/mol. The van der Waals surface area contributed by atoms with Crippen molar-refractivity contribution in [1.82, 2.24) is 0 Å². The van der Waals surface area contributed by atoms with E-state index >= 15 is 0 Å². The first kappa shape index (κ1) is 20.9. The maximum Gasteiger partial charge on any atom is 0.199 e. The maximum atomic E-state index is 13.2. The molecule has 5 nitrogen and oxygen atoms in total. The molecule has 0 aliphatic heterocycles. The van der Waals surface area contributed by atoms with Gasteiger partial charge in [-0.05, 0) is 49.1 Å². The lowest BCUT2D eigenvalue weighted by Crippen LogP contribution is -2.24. The van der Waals surface area contributed by atoms with Crippen molar-refractivity contribution < 1.29 is 22.4 Å². The van der Waals surface area contributed by atoms with Crippen molar-refractivity contribution in [3.63, 3.8) is 0 Å². The zero-order valence-electron chi connectivity index (χ0n) is 15.2. The number of ketones is 2. The Hall–Kier alpha value is -1.83. The number of benzene rings is 1. The summed E-state index contributed by atoms with van der Waals surface area (Å²) >= 11 is 10.7. The zero-order chi connectivity index (χ0) is 20.5. The first-order valence-electron chi connectivity index (χ1n) is 8.82. The molecule has 1 heterocycles. The Bertz CT molecular complexity index is 1070. The molecule has 1 aliphatic rings. The molecule has 0 atom stereocenters. The van der Waals surface area contributed by atoms with E-state index in [-0.39, 0.29) is 39.7 Å². The number of Topliss-reactive ketones (excluding diaryl/α,β-unsaturated/α-hetero) is 2. The van der Waals surface area contributed by atoms with Gasteiger partial charge < -0.3 is 4.42 Å². The maximum absolute atomic E-state index is 13.2. The molecule has 0 amide bonds. The largest absolute Gasteiger partial charge is 0.468 e. The highest BCUT2D eigenvalue weighted by atomic mass is 35.5. The normalized spacial score (nSPS) is 15.2. The van der Waals surface area contributed by atoms with Crippen molar-refractivity contribution in [1.29, 1.82) is 0 Å². The third-order valence-corrected chi connectivity index (χ3v) is 7.37. The van der Waals surface area contributed by atoms with E-state index < -0.39 is 27.2 Å². The molecule has 0 N–H and O–H groups in total. The van der Waals surface area contributed by atoms with E-state index in [0.717, 1.165) is 0 Å². The third-order valence-electron chi connectivity index (χ3n) is 4.70. The smallest absolute Gasteiger partial charge is 0.199 e. The number of halogens is 1. The Balaban J connectivity index is 2.12. The lowest BCUT2D eigenvalue weighted by Gasteiger charge is -2.19. The predicted molar refractivity (Wildman–Crippen MR) is 110 cm³/mol. The van der Waals surface area contributed by atoms with Crippen LogP contribution in [0.15, 0.2) is 50.3 Å². The topological polar surface area (TPSA) is 81.4 Å². The van der Waals surface area contributed by atoms with Crippen molar-refractivity contribution in [2.45, 2.75) is 43.3 Å². The van der Waals surface area contributed by atoms with Gasteiger partial charge in [0.05, 0.1) is 21.8 Å². The third kappa shape index (κ3) is 3.97. The molecular formula is C20H19ClO5S2. The van der Waals surface area contributed by atoms with Crippen LogP contribution in [0.1, 0.15) is 47.9 Å². The highest BCUT2D eigenvalue weighted by Gasteiger charge is 2.35. The van der Waals surface area contributed by atoms with Crippen LogP contribution in [0.25, 0.3) is 0 Å². The molecule has 0 radical (unpaired) electrons. The Morgan fingerprint density at radius 1 is 1.25 bits per heavy atom. The van der Waals surface area contributed by atoms with Gasteiger partial charge in [-0.3, -0.25) is 9.59 Å².